The molecule has 1 rings (SSSR count). The summed E-state index contributed by atoms with van der Waals surface area (Å²) in [7, 11) is 0. The van der Waals surface area contributed by atoms with E-state index < -0.39 is 23.5 Å². The van der Waals surface area contributed by atoms with Gasteiger partial charge in [-0.1, -0.05) is 0 Å². The Hall–Kier alpha value is 0.210. The van der Waals surface area contributed by atoms with Crippen LogP contribution in [0.2, 0.25) is 0 Å². The quantitative estimate of drug-likeness (QED) is 0.378. The number of hydrogen-bond acceptors (Lipinski definition) is 4. The maximum absolute atomic E-state index is 13.5. The molecule has 0 bridgehead atoms. The van der Waals surface area contributed by atoms with Crippen molar-refractivity contribution in [2.24, 2.45) is 0 Å². The maximum atomic E-state index is 13.5. The number of halogens is 5. The van der Waals surface area contributed by atoms with E-state index in [0.717, 1.165) is 17.4 Å². The van der Waals surface area contributed by atoms with Crippen molar-refractivity contribution in [2.45, 2.75) is 25.4 Å². The SMILES string of the molecule is CC(C)(OC(=O)c1c(I)cc(I)cc1I)C(F)(F)C(=O)[O-]. The number of hydrogen-bond donors (Lipinski definition) is 0. The van der Waals surface area contributed by atoms with E-state index in [4.69, 9.17) is 4.74 Å². The van der Waals surface area contributed by atoms with E-state index in [2.05, 4.69) is 22.6 Å². The average molecular weight is 635 g/mol. The molecule has 0 fully saturated rings. The minimum atomic E-state index is -4.30. The number of ether oxygens (including phenoxy) is 1. The molecule has 1 aromatic carbocycles. The zero-order valence-corrected chi connectivity index (χ0v) is 17.2. The number of benzene rings is 1. The molecular formula is C12H8F2I3O4-. The average Bonchev–Trinajstić information content (AvgIpc) is 2.25. The van der Waals surface area contributed by atoms with Crippen molar-refractivity contribution in [2.75, 3.05) is 0 Å². The summed E-state index contributed by atoms with van der Waals surface area (Å²) in [4.78, 5) is 22.6. The highest BCUT2D eigenvalue weighted by atomic mass is 127. The number of carboxylic acids is 1. The van der Waals surface area contributed by atoms with E-state index in [0.29, 0.717) is 7.14 Å². The fourth-order valence-electron chi connectivity index (χ4n) is 1.33. The molecule has 0 aliphatic heterocycles. The van der Waals surface area contributed by atoms with Gasteiger partial charge in [-0.3, -0.25) is 0 Å². The number of rotatable bonds is 4. The molecule has 4 nitrogen and oxygen atoms in total. The Morgan fingerprint density at radius 1 is 1.14 bits per heavy atom. The van der Waals surface area contributed by atoms with Gasteiger partial charge in [0.05, 0.1) is 5.56 Å². The van der Waals surface area contributed by atoms with E-state index in [1.165, 1.54) is 0 Å². The Balaban J connectivity index is 3.15. The summed E-state index contributed by atoms with van der Waals surface area (Å²) in [5, 5.41) is 10.5. The van der Waals surface area contributed by atoms with Crippen molar-refractivity contribution < 1.29 is 28.2 Å². The second-order valence-corrected chi connectivity index (χ2v) is 8.08. The first-order valence-electron chi connectivity index (χ1n) is 5.37. The first-order chi connectivity index (χ1) is 9.40. The van der Waals surface area contributed by atoms with Gasteiger partial charge in [0.25, 0.3) is 0 Å². The molecule has 0 atom stereocenters. The van der Waals surface area contributed by atoms with Crippen LogP contribution in [0.1, 0.15) is 24.2 Å². The van der Waals surface area contributed by atoms with Crippen LogP contribution in [0, 0.1) is 10.7 Å². The molecule has 21 heavy (non-hydrogen) atoms. The second-order valence-electron chi connectivity index (χ2n) is 4.51. The minimum Gasteiger partial charge on any atom is -0.544 e. The van der Waals surface area contributed by atoms with Gasteiger partial charge in [0, 0.05) is 10.7 Å². The zero-order valence-electron chi connectivity index (χ0n) is 10.7. The van der Waals surface area contributed by atoms with Gasteiger partial charge >= 0.3 is 11.9 Å². The Bertz CT molecular complexity index is 579. The lowest BCUT2D eigenvalue weighted by Crippen LogP contribution is -2.57. The van der Waals surface area contributed by atoms with Gasteiger partial charge in [-0.05, 0) is 93.8 Å². The third kappa shape index (κ3) is 4.14. The molecule has 0 spiro atoms. The van der Waals surface area contributed by atoms with Crippen LogP contribution in [-0.4, -0.2) is 23.5 Å². The van der Waals surface area contributed by atoms with Crippen LogP contribution in [0.25, 0.3) is 0 Å². The van der Waals surface area contributed by atoms with Gasteiger partial charge in [0.1, 0.15) is 5.97 Å². The highest BCUT2D eigenvalue weighted by Gasteiger charge is 2.51. The summed E-state index contributed by atoms with van der Waals surface area (Å²) >= 11 is 5.83. The third-order valence-corrected chi connectivity index (χ3v) is 4.90. The Kier molecular flexibility index (Phi) is 6.20. The Morgan fingerprint density at radius 3 is 1.95 bits per heavy atom. The van der Waals surface area contributed by atoms with Gasteiger partial charge < -0.3 is 14.6 Å². The summed E-state index contributed by atoms with van der Waals surface area (Å²) < 4.78 is 33.7. The molecule has 0 aromatic heterocycles. The van der Waals surface area contributed by atoms with Crippen molar-refractivity contribution in [3.05, 3.63) is 28.4 Å². The van der Waals surface area contributed by atoms with Gasteiger partial charge in [-0.25, -0.2) is 4.79 Å². The number of carboxylic acid groups (broad SMARTS) is 1. The molecular weight excluding hydrogens is 627 g/mol. The van der Waals surface area contributed by atoms with Crippen LogP contribution in [0.3, 0.4) is 0 Å². The number of carbonyl (C=O) groups excluding carboxylic acids is 2. The van der Waals surface area contributed by atoms with E-state index >= 15 is 0 Å². The number of aliphatic carboxylic acids is 1. The van der Waals surface area contributed by atoms with Crippen molar-refractivity contribution in [3.63, 3.8) is 0 Å². The third-order valence-electron chi connectivity index (χ3n) is 2.57. The molecule has 0 saturated carbocycles. The second kappa shape index (κ2) is 6.76. The lowest BCUT2D eigenvalue weighted by molar-refractivity contribution is -0.341. The molecule has 0 heterocycles. The fraction of sp³-hybridized carbons (Fsp3) is 0.333. The summed E-state index contributed by atoms with van der Waals surface area (Å²) in [6.07, 6.45) is 0. The van der Waals surface area contributed by atoms with Gasteiger partial charge in [-0.2, -0.15) is 8.78 Å². The summed E-state index contributed by atoms with van der Waals surface area (Å²) in [6.45, 7) is 1.65. The molecule has 0 unspecified atom stereocenters. The van der Waals surface area contributed by atoms with Crippen LogP contribution in [0.4, 0.5) is 8.78 Å². The van der Waals surface area contributed by atoms with Crippen LogP contribution < -0.4 is 5.11 Å². The molecule has 0 radical (unpaired) electrons. The topological polar surface area (TPSA) is 66.4 Å². The van der Waals surface area contributed by atoms with Crippen LogP contribution in [-0.2, 0) is 9.53 Å². The van der Waals surface area contributed by atoms with Crippen LogP contribution in [0.15, 0.2) is 12.1 Å². The van der Waals surface area contributed by atoms with Crippen molar-refractivity contribution in [1.29, 1.82) is 0 Å². The van der Waals surface area contributed by atoms with Crippen molar-refractivity contribution in [1.82, 2.24) is 0 Å². The van der Waals surface area contributed by atoms with Crippen LogP contribution >= 0.6 is 67.8 Å². The largest absolute Gasteiger partial charge is 0.544 e. The van der Waals surface area contributed by atoms with E-state index in [-0.39, 0.29) is 5.56 Å². The predicted octanol–water partition coefficient (Wildman–Crippen LogP) is 2.82. The molecule has 0 N–H and O–H groups in total. The monoisotopic (exact) mass is 635 g/mol. The van der Waals surface area contributed by atoms with Gasteiger partial charge in [-0.15, -0.1) is 0 Å². The maximum Gasteiger partial charge on any atom is 0.341 e. The van der Waals surface area contributed by atoms with Gasteiger partial charge in [0.15, 0.2) is 5.60 Å². The Labute approximate surface area is 160 Å². The van der Waals surface area contributed by atoms with Crippen molar-refractivity contribution in [3.8, 4) is 0 Å². The van der Waals surface area contributed by atoms with Crippen molar-refractivity contribution >= 4 is 79.7 Å². The summed E-state index contributed by atoms with van der Waals surface area (Å²) in [5.74, 6) is -7.90. The fourth-order valence-corrected chi connectivity index (χ4v) is 5.35. The smallest absolute Gasteiger partial charge is 0.341 e. The van der Waals surface area contributed by atoms with E-state index in [1.807, 2.05) is 45.2 Å². The Morgan fingerprint density at radius 2 is 1.57 bits per heavy atom. The molecule has 0 amide bonds. The summed E-state index contributed by atoms with van der Waals surface area (Å²) in [5.41, 5.74) is -2.41. The highest BCUT2D eigenvalue weighted by Crippen LogP contribution is 2.33. The molecule has 0 saturated heterocycles. The molecule has 0 aliphatic rings. The first-order valence-corrected chi connectivity index (χ1v) is 8.61. The summed E-state index contributed by atoms with van der Waals surface area (Å²) in [6, 6.07) is 3.37. The molecule has 9 heteroatoms. The van der Waals surface area contributed by atoms with E-state index in [9.17, 15) is 23.5 Å². The number of carbonyl (C=O) groups is 2. The van der Waals surface area contributed by atoms with Crippen LogP contribution in [0.5, 0.6) is 0 Å². The highest BCUT2D eigenvalue weighted by molar-refractivity contribution is 14.1. The number of esters is 1. The first kappa shape index (κ1) is 19.3. The lowest BCUT2D eigenvalue weighted by Gasteiger charge is -2.34. The molecule has 0 aliphatic carbocycles. The standard InChI is InChI=1S/C12H9F2I3O4/c1-11(2,12(13,14)10(19)20)21-9(18)8-6(16)3-5(15)4-7(8)17/h3-4H,1-2H3,(H,19,20)/p-1. The lowest BCUT2D eigenvalue weighted by atomic mass is 10.0. The predicted molar refractivity (Wildman–Crippen MR) is 94.0 cm³/mol. The zero-order chi connectivity index (χ0) is 16.6. The number of alkyl halides is 2. The van der Waals surface area contributed by atoms with E-state index in [1.54, 1.807) is 12.1 Å². The van der Waals surface area contributed by atoms with Gasteiger partial charge in [0.2, 0.25) is 0 Å². The minimum absolute atomic E-state index is 0.124. The molecule has 116 valence electrons. The normalized spacial score (nSPS) is 12.1. The molecule has 1 aromatic rings.